The average Bonchev–Trinajstić information content (AvgIpc) is 2.48. The van der Waals surface area contributed by atoms with Crippen LogP contribution in [-0.2, 0) is 16.2 Å². The van der Waals surface area contributed by atoms with E-state index in [-0.39, 0.29) is 5.92 Å². The minimum atomic E-state index is -4.75. The molecule has 0 spiro atoms. The van der Waals surface area contributed by atoms with Gasteiger partial charge in [0.2, 0.25) is 0 Å². The Morgan fingerprint density at radius 3 is 2.21 bits per heavy atom. The monoisotopic (exact) mass is 357 g/mol. The maximum atomic E-state index is 13.1. The van der Waals surface area contributed by atoms with Crippen LogP contribution in [0.4, 0.5) is 18.9 Å². The highest BCUT2D eigenvalue weighted by atomic mass is 32.2. The maximum Gasteiger partial charge on any atom is 0.417 e. The molecule has 0 aliphatic heterocycles. The fourth-order valence-electron chi connectivity index (χ4n) is 2.44. The number of hydrogen-bond acceptors (Lipinski definition) is 2. The van der Waals surface area contributed by atoms with Crippen LogP contribution in [0.25, 0.3) is 0 Å². The van der Waals surface area contributed by atoms with Crippen LogP contribution in [0.5, 0.6) is 0 Å². The summed E-state index contributed by atoms with van der Waals surface area (Å²) in [6.45, 7) is 5.48. The van der Waals surface area contributed by atoms with Crippen molar-refractivity contribution in [1.82, 2.24) is 0 Å². The number of sulfonamides is 1. The first-order chi connectivity index (χ1) is 11.0. The van der Waals surface area contributed by atoms with Crippen molar-refractivity contribution in [3.05, 3.63) is 59.2 Å². The van der Waals surface area contributed by atoms with Crippen LogP contribution in [-0.4, -0.2) is 8.42 Å². The molecule has 0 fully saturated rings. The molecular formula is C17H18F3NO2S. The Morgan fingerprint density at radius 1 is 1.00 bits per heavy atom. The summed E-state index contributed by atoms with van der Waals surface area (Å²) < 4.78 is 66.8. The fourth-order valence-corrected chi connectivity index (χ4v) is 3.82. The third-order valence-electron chi connectivity index (χ3n) is 3.65. The minimum absolute atomic E-state index is 0.0143. The molecule has 0 unspecified atom stereocenters. The van der Waals surface area contributed by atoms with E-state index in [1.165, 1.54) is 6.07 Å². The third-order valence-corrected chi connectivity index (χ3v) is 5.05. The van der Waals surface area contributed by atoms with E-state index in [9.17, 15) is 21.6 Å². The number of benzene rings is 2. The van der Waals surface area contributed by atoms with Gasteiger partial charge in [-0.15, -0.1) is 0 Å². The van der Waals surface area contributed by atoms with Gasteiger partial charge in [-0.2, -0.15) is 13.2 Å². The van der Waals surface area contributed by atoms with Crippen LogP contribution in [0.2, 0.25) is 0 Å². The van der Waals surface area contributed by atoms with E-state index >= 15 is 0 Å². The van der Waals surface area contributed by atoms with E-state index in [0.717, 1.165) is 23.8 Å². The lowest BCUT2D eigenvalue weighted by molar-refractivity contribution is -0.139. The summed E-state index contributed by atoms with van der Waals surface area (Å²) in [5.41, 5.74) is 0.513. The molecule has 3 nitrogen and oxygen atoms in total. The molecule has 0 saturated carbocycles. The van der Waals surface area contributed by atoms with Gasteiger partial charge in [-0.1, -0.05) is 44.2 Å². The minimum Gasteiger partial charge on any atom is -0.279 e. The molecule has 0 bridgehead atoms. The summed E-state index contributed by atoms with van der Waals surface area (Å²) in [5.74, 6) is 0.0143. The zero-order valence-corrected chi connectivity index (χ0v) is 14.3. The summed E-state index contributed by atoms with van der Waals surface area (Å²) in [4.78, 5) is -0.782. The first kappa shape index (κ1) is 18.3. The van der Waals surface area contributed by atoms with Gasteiger partial charge < -0.3 is 0 Å². The van der Waals surface area contributed by atoms with Gasteiger partial charge in [0.25, 0.3) is 10.0 Å². The summed E-state index contributed by atoms with van der Waals surface area (Å²) in [6.07, 6.45) is -4.75. The molecule has 0 atom stereocenters. The van der Waals surface area contributed by atoms with Gasteiger partial charge in [0.15, 0.2) is 0 Å². The lowest BCUT2D eigenvalue weighted by Gasteiger charge is -2.19. The van der Waals surface area contributed by atoms with Crippen LogP contribution < -0.4 is 4.72 Å². The quantitative estimate of drug-likeness (QED) is 0.843. The second-order valence-electron chi connectivity index (χ2n) is 5.79. The fraction of sp³-hybridized carbons (Fsp3) is 0.294. The standard InChI is InChI=1S/C17H18F3NO2S/c1-11(2)13-8-6-7-12(3)16(13)21-24(22,23)15-10-5-4-9-14(15)17(18,19)20/h4-11,21H,1-3H3. The Labute approximate surface area is 139 Å². The Kier molecular flexibility index (Phi) is 4.94. The zero-order valence-electron chi connectivity index (χ0n) is 13.5. The van der Waals surface area contributed by atoms with Crippen molar-refractivity contribution < 1.29 is 21.6 Å². The average molecular weight is 357 g/mol. The molecular weight excluding hydrogens is 339 g/mol. The van der Waals surface area contributed by atoms with Gasteiger partial charge in [-0.25, -0.2) is 8.42 Å². The van der Waals surface area contributed by atoms with E-state index in [1.807, 2.05) is 13.8 Å². The Morgan fingerprint density at radius 2 is 1.62 bits per heavy atom. The van der Waals surface area contributed by atoms with Crippen molar-refractivity contribution >= 4 is 15.7 Å². The number of anilines is 1. The van der Waals surface area contributed by atoms with Gasteiger partial charge in [0.05, 0.1) is 16.1 Å². The molecule has 0 aromatic heterocycles. The van der Waals surface area contributed by atoms with Crippen molar-refractivity contribution in [3.63, 3.8) is 0 Å². The van der Waals surface area contributed by atoms with Crippen molar-refractivity contribution in [2.75, 3.05) is 4.72 Å². The lowest BCUT2D eigenvalue weighted by atomic mass is 9.99. The summed E-state index contributed by atoms with van der Waals surface area (Å²) >= 11 is 0. The number of hydrogen-bond donors (Lipinski definition) is 1. The topological polar surface area (TPSA) is 46.2 Å². The van der Waals surface area contributed by atoms with Gasteiger partial charge in [0.1, 0.15) is 0 Å². The first-order valence-electron chi connectivity index (χ1n) is 7.32. The number of halogens is 3. The normalized spacial score (nSPS) is 12.5. The lowest BCUT2D eigenvalue weighted by Crippen LogP contribution is -2.20. The maximum absolute atomic E-state index is 13.1. The predicted molar refractivity (Wildman–Crippen MR) is 87.5 cm³/mol. The van der Waals surface area contributed by atoms with E-state index in [1.54, 1.807) is 25.1 Å². The largest absolute Gasteiger partial charge is 0.417 e. The highest BCUT2D eigenvalue weighted by molar-refractivity contribution is 7.92. The second-order valence-corrected chi connectivity index (χ2v) is 7.44. The highest BCUT2D eigenvalue weighted by Crippen LogP contribution is 2.36. The van der Waals surface area contributed by atoms with E-state index < -0.39 is 26.7 Å². The Balaban J connectivity index is 2.57. The van der Waals surface area contributed by atoms with Crippen LogP contribution >= 0.6 is 0 Å². The van der Waals surface area contributed by atoms with E-state index in [0.29, 0.717) is 11.3 Å². The number of para-hydroxylation sites is 1. The molecule has 0 saturated heterocycles. The van der Waals surface area contributed by atoms with Gasteiger partial charge in [-0.05, 0) is 36.1 Å². The van der Waals surface area contributed by atoms with E-state index in [4.69, 9.17) is 0 Å². The molecule has 0 amide bonds. The van der Waals surface area contributed by atoms with Crippen molar-refractivity contribution in [2.45, 2.75) is 37.8 Å². The molecule has 7 heteroatoms. The smallest absolute Gasteiger partial charge is 0.279 e. The van der Waals surface area contributed by atoms with Crippen LogP contribution in [0.3, 0.4) is 0 Å². The molecule has 2 aromatic carbocycles. The van der Waals surface area contributed by atoms with Crippen LogP contribution in [0.15, 0.2) is 47.4 Å². The second kappa shape index (κ2) is 6.47. The van der Waals surface area contributed by atoms with Crippen LogP contribution in [0.1, 0.15) is 36.5 Å². The molecule has 0 heterocycles. The molecule has 0 aliphatic rings. The summed E-state index contributed by atoms with van der Waals surface area (Å²) in [7, 11) is -4.38. The summed E-state index contributed by atoms with van der Waals surface area (Å²) in [6, 6.07) is 9.39. The molecule has 0 radical (unpaired) electrons. The van der Waals surface area contributed by atoms with Crippen LogP contribution in [0, 0.1) is 6.92 Å². The van der Waals surface area contributed by atoms with Crippen molar-refractivity contribution in [2.24, 2.45) is 0 Å². The summed E-state index contributed by atoms with van der Waals surface area (Å²) in [5, 5.41) is 0. The van der Waals surface area contributed by atoms with Gasteiger partial charge in [0, 0.05) is 0 Å². The van der Waals surface area contributed by atoms with Gasteiger partial charge >= 0.3 is 6.18 Å². The van der Waals surface area contributed by atoms with E-state index in [2.05, 4.69) is 4.72 Å². The Hall–Kier alpha value is -2.02. The number of aryl methyl sites for hydroxylation is 1. The van der Waals surface area contributed by atoms with Gasteiger partial charge in [-0.3, -0.25) is 4.72 Å². The van der Waals surface area contributed by atoms with Crippen molar-refractivity contribution in [3.8, 4) is 0 Å². The Bertz CT molecular complexity index is 843. The third kappa shape index (κ3) is 3.72. The molecule has 2 aromatic rings. The highest BCUT2D eigenvalue weighted by Gasteiger charge is 2.37. The first-order valence-corrected chi connectivity index (χ1v) is 8.81. The van der Waals surface area contributed by atoms with Crippen molar-refractivity contribution in [1.29, 1.82) is 0 Å². The molecule has 130 valence electrons. The predicted octanol–water partition coefficient (Wildman–Crippen LogP) is 4.94. The molecule has 0 aliphatic carbocycles. The zero-order chi connectivity index (χ0) is 18.1. The number of rotatable bonds is 4. The SMILES string of the molecule is Cc1cccc(C(C)C)c1NS(=O)(=O)c1ccccc1C(F)(F)F. The number of alkyl halides is 3. The molecule has 1 N–H and O–H groups in total. The molecule has 2 rings (SSSR count). The molecule has 24 heavy (non-hydrogen) atoms. The number of nitrogens with one attached hydrogen (secondary N) is 1.